The Morgan fingerprint density at radius 3 is 2.50 bits per heavy atom. The number of ether oxygens (including phenoxy) is 1. The minimum atomic E-state index is -1.02. The van der Waals surface area contributed by atoms with Crippen LogP contribution >= 0.6 is 0 Å². The van der Waals surface area contributed by atoms with E-state index in [2.05, 4.69) is 4.74 Å². The van der Waals surface area contributed by atoms with Gasteiger partial charge in [-0.25, -0.2) is 4.79 Å². The van der Waals surface area contributed by atoms with Crippen LogP contribution in [0.15, 0.2) is 18.2 Å². The Morgan fingerprint density at radius 1 is 1.35 bits per heavy atom. The average Bonchev–Trinajstić information content (AvgIpc) is 2.41. The number of nitro groups is 1. The van der Waals surface area contributed by atoms with Gasteiger partial charge in [-0.1, -0.05) is 12.1 Å². The molecule has 1 rings (SSSR count). The van der Waals surface area contributed by atoms with Crippen LogP contribution < -0.4 is 4.90 Å². The highest BCUT2D eigenvalue weighted by Gasteiger charge is 2.29. The lowest BCUT2D eigenvalue weighted by molar-refractivity contribution is -0.384. The topological polar surface area (TPSA) is 89.8 Å². The van der Waals surface area contributed by atoms with Gasteiger partial charge in [0.05, 0.1) is 11.5 Å². The molecular formula is C13H16N2O5. The summed E-state index contributed by atoms with van der Waals surface area (Å²) in [4.78, 5) is 35.1. The number of aryl methyl sites for hydroxylation is 1. The van der Waals surface area contributed by atoms with E-state index < -0.39 is 16.8 Å². The summed E-state index contributed by atoms with van der Waals surface area (Å²) in [6.45, 7) is 5.05. The minimum absolute atomic E-state index is 0.0675. The zero-order chi connectivity index (χ0) is 15.3. The van der Waals surface area contributed by atoms with Crippen molar-refractivity contribution < 1.29 is 19.2 Å². The first-order chi connectivity index (χ1) is 9.43. The first kappa shape index (κ1) is 15.6. The van der Waals surface area contributed by atoms with Gasteiger partial charge in [0.15, 0.2) is 0 Å². The van der Waals surface area contributed by atoms with E-state index in [1.807, 2.05) is 0 Å². The third-order valence-electron chi connectivity index (χ3n) is 2.69. The van der Waals surface area contributed by atoms with E-state index in [-0.39, 0.29) is 24.5 Å². The molecule has 0 aliphatic rings. The molecule has 20 heavy (non-hydrogen) atoms. The summed E-state index contributed by atoms with van der Waals surface area (Å²) in [5, 5.41) is 11.1. The minimum Gasteiger partial charge on any atom is -0.459 e. The second kappa shape index (κ2) is 6.65. The molecule has 1 amide bonds. The maximum atomic E-state index is 12.0. The number of amides is 1. The summed E-state index contributed by atoms with van der Waals surface area (Å²) in [6, 6.07) is 4.46. The highest BCUT2D eigenvalue weighted by Crippen LogP contribution is 2.31. The van der Waals surface area contributed by atoms with Crippen LogP contribution in [0.1, 0.15) is 19.4 Å². The van der Waals surface area contributed by atoms with Crippen molar-refractivity contribution in [3.8, 4) is 0 Å². The largest absolute Gasteiger partial charge is 0.459 e. The standard InChI is InChI=1S/C13H16N2O5/c1-4-14(12(16)13(17)20-5-2)11-9(3)7-6-8-10(11)15(18)19/h6-8H,4-5H2,1-3H3. The molecule has 0 bridgehead atoms. The van der Waals surface area contributed by atoms with Gasteiger partial charge >= 0.3 is 11.9 Å². The van der Waals surface area contributed by atoms with E-state index in [1.165, 1.54) is 12.1 Å². The van der Waals surface area contributed by atoms with E-state index in [1.54, 1.807) is 26.8 Å². The fraction of sp³-hybridized carbons (Fsp3) is 0.385. The van der Waals surface area contributed by atoms with Crippen molar-refractivity contribution in [1.29, 1.82) is 0 Å². The van der Waals surface area contributed by atoms with Crippen molar-refractivity contribution >= 4 is 23.3 Å². The Balaban J connectivity index is 3.29. The Bertz CT molecular complexity index is 542. The number of likely N-dealkylation sites (N-methyl/N-ethyl adjacent to an activating group) is 1. The van der Waals surface area contributed by atoms with Crippen LogP contribution in [0.25, 0.3) is 0 Å². The zero-order valence-electron chi connectivity index (χ0n) is 11.6. The summed E-state index contributed by atoms with van der Waals surface area (Å²) >= 11 is 0. The number of hydrogen-bond donors (Lipinski definition) is 0. The summed E-state index contributed by atoms with van der Waals surface area (Å²) in [5.41, 5.74) is 0.446. The molecule has 0 fully saturated rings. The zero-order valence-corrected chi connectivity index (χ0v) is 11.6. The molecule has 0 aliphatic carbocycles. The third kappa shape index (κ3) is 3.11. The number of carbonyl (C=O) groups is 2. The molecule has 0 N–H and O–H groups in total. The Kier molecular flexibility index (Phi) is 5.19. The summed E-state index contributed by atoms with van der Waals surface area (Å²) in [5.74, 6) is -1.93. The van der Waals surface area contributed by atoms with Crippen LogP contribution in [0.5, 0.6) is 0 Å². The summed E-state index contributed by atoms with van der Waals surface area (Å²) in [7, 11) is 0. The number of carbonyl (C=O) groups excluding carboxylic acids is 2. The number of nitro benzene ring substituents is 1. The van der Waals surface area contributed by atoms with E-state index in [4.69, 9.17) is 0 Å². The fourth-order valence-corrected chi connectivity index (χ4v) is 1.85. The molecule has 0 heterocycles. The van der Waals surface area contributed by atoms with Gasteiger partial charge in [-0.2, -0.15) is 0 Å². The van der Waals surface area contributed by atoms with Crippen molar-refractivity contribution in [2.75, 3.05) is 18.1 Å². The molecule has 1 aromatic rings. The number of nitrogens with zero attached hydrogens (tertiary/aromatic N) is 2. The predicted molar refractivity (Wildman–Crippen MR) is 72.5 cm³/mol. The second-order valence-corrected chi connectivity index (χ2v) is 3.97. The molecule has 0 saturated carbocycles. The van der Waals surface area contributed by atoms with Crippen molar-refractivity contribution in [2.24, 2.45) is 0 Å². The molecule has 0 aromatic heterocycles. The van der Waals surface area contributed by atoms with E-state index >= 15 is 0 Å². The van der Waals surface area contributed by atoms with Gasteiger partial charge in [0.25, 0.3) is 5.69 Å². The molecule has 108 valence electrons. The number of anilines is 1. The molecule has 7 nitrogen and oxygen atoms in total. The van der Waals surface area contributed by atoms with Crippen LogP contribution in [0.3, 0.4) is 0 Å². The first-order valence-electron chi connectivity index (χ1n) is 6.16. The first-order valence-corrected chi connectivity index (χ1v) is 6.16. The number of esters is 1. The van der Waals surface area contributed by atoms with Gasteiger partial charge in [0.2, 0.25) is 0 Å². The molecule has 0 atom stereocenters. The molecule has 0 unspecified atom stereocenters. The third-order valence-corrected chi connectivity index (χ3v) is 2.69. The molecule has 0 spiro atoms. The highest BCUT2D eigenvalue weighted by atomic mass is 16.6. The molecular weight excluding hydrogens is 264 g/mol. The van der Waals surface area contributed by atoms with Crippen molar-refractivity contribution in [1.82, 2.24) is 0 Å². The Labute approximate surface area is 116 Å². The van der Waals surface area contributed by atoms with Gasteiger partial charge in [-0.15, -0.1) is 0 Å². The molecule has 1 aromatic carbocycles. The van der Waals surface area contributed by atoms with Gasteiger partial charge in [-0.05, 0) is 26.3 Å². The number of para-hydroxylation sites is 1. The van der Waals surface area contributed by atoms with E-state index in [9.17, 15) is 19.7 Å². The van der Waals surface area contributed by atoms with Crippen molar-refractivity contribution in [2.45, 2.75) is 20.8 Å². The summed E-state index contributed by atoms with van der Waals surface area (Å²) in [6.07, 6.45) is 0. The van der Waals surface area contributed by atoms with Crippen molar-refractivity contribution in [3.05, 3.63) is 33.9 Å². The Morgan fingerprint density at radius 2 is 2.00 bits per heavy atom. The maximum absolute atomic E-state index is 12.0. The monoisotopic (exact) mass is 280 g/mol. The van der Waals surface area contributed by atoms with Crippen LogP contribution in [0, 0.1) is 17.0 Å². The maximum Gasteiger partial charge on any atom is 0.397 e. The normalized spacial score (nSPS) is 9.95. The van der Waals surface area contributed by atoms with Gasteiger partial charge in [-0.3, -0.25) is 19.8 Å². The van der Waals surface area contributed by atoms with Crippen LogP contribution in [0.4, 0.5) is 11.4 Å². The van der Waals surface area contributed by atoms with Crippen LogP contribution in [-0.4, -0.2) is 30.0 Å². The lowest BCUT2D eigenvalue weighted by Crippen LogP contribution is -2.38. The SMILES string of the molecule is CCOC(=O)C(=O)N(CC)c1c(C)cccc1[N+](=O)[O-]. The number of rotatable bonds is 4. The highest BCUT2D eigenvalue weighted by molar-refractivity contribution is 6.38. The average molecular weight is 280 g/mol. The lowest BCUT2D eigenvalue weighted by atomic mass is 10.1. The van der Waals surface area contributed by atoms with Crippen molar-refractivity contribution in [3.63, 3.8) is 0 Å². The Hall–Kier alpha value is -2.44. The lowest BCUT2D eigenvalue weighted by Gasteiger charge is -2.21. The summed E-state index contributed by atoms with van der Waals surface area (Å²) < 4.78 is 4.65. The van der Waals surface area contributed by atoms with Gasteiger partial charge in [0.1, 0.15) is 5.69 Å². The van der Waals surface area contributed by atoms with E-state index in [0.29, 0.717) is 5.56 Å². The molecule has 0 aliphatic heterocycles. The van der Waals surface area contributed by atoms with Crippen LogP contribution in [0.2, 0.25) is 0 Å². The number of benzene rings is 1. The van der Waals surface area contributed by atoms with Crippen LogP contribution in [-0.2, 0) is 14.3 Å². The van der Waals surface area contributed by atoms with Gasteiger partial charge in [0, 0.05) is 12.6 Å². The smallest absolute Gasteiger partial charge is 0.397 e. The molecule has 0 radical (unpaired) electrons. The molecule has 7 heteroatoms. The molecule has 0 saturated heterocycles. The number of hydrogen-bond acceptors (Lipinski definition) is 5. The van der Waals surface area contributed by atoms with E-state index in [0.717, 1.165) is 4.90 Å². The predicted octanol–water partition coefficient (Wildman–Crippen LogP) is 1.82. The fourth-order valence-electron chi connectivity index (χ4n) is 1.85. The quantitative estimate of drug-likeness (QED) is 0.363. The van der Waals surface area contributed by atoms with Gasteiger partial charge < -0.3 is 4.74 Å². The second-order valence-electron chi connectivity index (χ2n) is 3.97.